The Hall–Kier alpha value is -1.63. The van der Waals surface area contributed by atoms with Crippen molar-refractivity contribution in [2.75, 3.05) is 20.1 Å². The molecule has 0 atom stereocenters. The van der Waals surface area contributed by atoms with Crippen LogP contribution in [0.15, 0.2) is 18.2 Å². The summed E-state index contributed by atoms with van der Waals surface area (Å²) in [7, 11) is 1.87. The summed E-state index contributed by atoms with van der Waals surface area (Å²) in [5.74, 6) is 0.305. The smallest absolute Gasteiger partial charge is 0.271 e. The van der Waals surface area contributed by atoms with Gasteiger partial charge in [-0.3, -0.25) is 4.79 Å². The maximum Gasteiger partial charge on any atom is 0.271 e. The molecule has 23 heavy (non-hydrogen) atoms. The third-order valence-corrected chi connectivity index (χ3v) is 3.47. The molecule has 8 heteroatoms. The molecule has 0 aliphatic carbocycles. The van der Waals surface area contributed by atoms with E-state index in [4.69, 9.17) is 11.6 Å². The molecule has 2 rings (SSSR count). The number of nitrogens with one attached hydrogen (secondary N) is 2. The van der Waals surface area contributed by atoms with Crippen LogP contribution in [-0.4, -0.2) is 40.8 Å². The summed E-state index contributed by atoms with van der Waals surface area (Å²) in [6.45, 7) is 5.26. The van der Waals surface area contributed by atoms with Gasteiger partial charge in [-0.05, 0) is 52.1 Å². The number of aryl methyl sites for hydroxylation is 2. The van der Waals surface area contributed by atoms with Gasteiger partial charge < -0.3 is 10.6 Å². The lowest BCUT2D eigenvalue weighted by atomic mass is 10.3. The fraction of sp³-hybridized carbons (Fsp3) is 0.400. The average Bonchev–Trinajstić information content (AvgIpc) is 2.82. The molecule has 2 aromatic heterocycles. The van der Waals surface area contributed by atoms with E-state index >= 15 is 0 Å². The standard InChI is InChI=1S/C15H20ClN5O.ClH/c1-10-9-11(2)21(20-10)13-6-5-12(16)14(19-13)15(22)18-8-4-7-17-3;/h5-6,9,17H,4,7-8H2,1-3H3,(H,18,22);1H. The van der Waals surface area contributed by atoms with E-state index < -0.39 is 0 Å². The van der Waals surface area contributed by atoms with Gasteiger partial charge in [-0.15, -0.1) is 12.4 Å². The third kappa shape index (κ3) is 4.92. The molecule has 0 aliphatic rings. The topological polar surface area (TPSA) is 71.8 Å². The molecule has 0 spiro atoms. The number of amides is 1. The van der Waals surface area contributed by atoms with Gasteiger partial charge in [0.25, 0.3) is 5.91 Å². The van der Waals surface area contributed by atoms with Crippen molar-refractivity contribution in [2.24, 2.45) is 0 Å². The Morgan fingerprint density at radius 3 is 2.65 bits per heavy atom. The van der Waals surface area contributed by atoms with Gasteiger partial charge in [-0.25, -0.2) is 9.67 Å². The Labute approximate surface area is 147 Å². The van der Waals surface area contributed by atoms with Crippen LogP contribution in [0.3, 0.4) is 0 Å². The number of hydrogen-bond acceptors (Lipinski definition) is 4. The van der Waals surface area contributed by atoms with Crippen LogP contribution in [0.1, 0.15) is 28.3 Å². The van der Waals surface area contributed by atoms with Crippen molar-refractivity contribution in [1.29, 1.82) is 0 Å². The number of rotatable bonds is 6. The lowest BCUT2D eigenvalue weighted by Crippen LogP contribution is -2.28. The summed E-state index contributed by atoms with van der Waals surface area (Å²) in [6, 6.07) is 5.37. The monoisotopic (exact) mass is 357 g/mol. The van der Waals surface area contributed by atoms with Gasteiger partial charge in [0.2, 0.25) is 0 Å². The first-order chi connectivity index (χ1) is 10.5. The molecule has 0 saturated heterocycles. The minimum atomic E-state index is -0.274. The van der Waals surface area contributed by atoms with Gasteiger partial charge in [0.1, 0.15) is 5.69 Å². The lowest BCUT2D eigenvalue weighted by Gasteiger charge is -2.09. The summed E-state index contributed by atoms with van der Waals surface area (Å²) < 4.78 is 1.70. The lowest BCUT2D eigenvalue weighted by molar-refractivity contribution is 0.0948. The van der Waals surface area contributed by atoms with Crippen LogP contribution >= 0.6 is 24.0 Å². The van der Waals surface area contributed by atoms with Gasteiger partial charge in [0.15, 0.2) is 5.82 Å². The fourth-order valence-electron chi connectivity index (χ4n) is 2.12. The van der Waals surface area contributed by atoms with Gasteiger partial charge in [0.05, 0.1) is 10.7 Å². The molecule has 2 heterocycles. The van der Waals surface area contributed by atoms with Crippen LogP contribution in [0.5, 0.6) is 0 Å². The number of carbonyl (C=O) groups excluding carboxylic acids is 1. The Kier molecular flexibility index (Phi) is 7.48. The second kappa shape index (κ2) is 8.86. The van der Waals surface area contributed by atoms with E-state index in [1.807, 2.05) is 27.0 Å². The molecule has 6 nitrogen and oxygen atoms in total. The van der Waals surface area contributed by atoms with Gasteiger partial charge in [0, 0.05) is 12.2 Å². The molecule has 2 N–H and O–H groups in total. The quantitative estimate of drug-likeness (QED) is 0.778. The highest BCUT2D eigenvalue weighted by molar-refractivity contribution is 6.33. The van der Waals surface area contributed by atoms with Crippen LogP contribution in [0.4, 0.5) is 0 Å². The summed E-state index contributed by atoms with van der Waals surface area (Å²) in [4.78, 5) is 16.6. The number of aromatic nitrogens is 3. The van der Waals surface area contributed by atoms with Crippen molar-refractivity contribution in [2.45, 2.75) is 20.3 Å². The van der Waals surface area contributed by atoms with Crippen LogP contribution in [0.25, 0.3) is 5.82 Å². The second-order valence-electron chi connectivity index (χ2n) is 5.05. The van der Waals surface area contributed by atoms with Crippen LogP contribution in [-0.2, 0) is 0 Å². The molecular formula is C15H21Cl2N5O. The predicted molar refractivity (Wildman–Crippen MR) is 94.0 cm³/mol. The summed E-state index contributed by atoms with van der Waals surface area (Å²) in [6.07, 6.45) is 0.844. The normalized spacial score (nSPS) is 10.3. The van der Waals surface area contributed by atoms with Crippen molar-refractivity contribution in [3.63, 3.8) is 0 Å². The largest absolute Gasteiger partial charge is 0.351 e. The number of halogens is 2. The highest BCUT2D eigenvalue weighted by Gasteiger charge is 2.14. The Morgan fingerprint density at radius 1 is 1.30 bits per heavy atom. The van der Waals surface area contributed by atoms with Crippen LogP contribution < -0.4 is 10.6 Å². The zero-order valence-corrected chi connectivity index (χ0v) is 15.0. The molecule has 0 unspecified atom stereocenters. The number of hydrogen-bond donors (Lipinski definition) is 2. The molecule has 0 aliphatic heterocycles. The first kappa shape index (κ1) is 19.4. The molecule has 2 aromatic rings. The van der Waals surface area contributed by atoms with E-state index in [2.05, 4.69) is 20.7 Å². The Balaban J connectivity index is 0.00000264. The van der Waals surface area contributed by atoms with E-state index in [1.54, 1.807) is 16.8 Å². The van der Waals surface area contributed by atoms with Gasteiger partial charge >= 0.3 is 0 Å². The molecule has 1 amide bonds. The van der Waals surface area contributed by atoms with Crippen molar-refractivity contribution in [3.05, 3.63) is 40.3 Å². The maximum absolute atomic E-state index is 12.2. The summed E-state index contributed by atoms with van der Waals surface area (Å²) >= 11 is 6.10. The van der Waals surface area contributed by atoms with E-state index in [9.17, 15) is 4.79 Å². The first-order valence-corrected chi connectivity index (χ1v) is 7.53. The minimum Gasteiger partial charge on any atom is -0.351 e. The molecule has 0 fully saturated rings. The van der Waals surface area contributed by atoms with Crippen molar-refractivity contribution in [1.82, 2.24) is 25.4 Å². The molecule has 0 saturated carbocycles. The average molecular weight is 358 g/mol. The van der Waals surface area contributed by atoms with Crippen molar-refractivity contribution >= 4 is 29.9 Å². The summed E-state index contributed by atoms with van der Waals surface area (Å²) in [5.41, 5.74) is 2.07. The third-order valence-electron chi connectivity index (χ3n) is 3.16. The van der Waals surface area contributed by atoms with Crippen LogP contribution in [0.2, 0.25) is 5.02 Å². The van der Waals surface area contributed by atoms with Gasteiger partial charge in [-0.2, -0.15) is 5.10 Å². The zero-order chi connectivity index (χ0) is 16.1. The minimum absolute atomic E-state index is 0. The first-order valence-electron chi connectivity index (χ1n) is 7.16. The van der Waals surface area contributed by atoms with Crippen molar-refractivity contribution < 1.29 is 4.79 Å². The van der Waals surface area contributed by atoms with E-state index in [-0.39, 0.29) is 24.0 Å². The molecule has 0 aromatic carbocycles. The Morgan fingerprint density at radius 2 is 2.04 bits per heavy atom. The summed E-state index contributed by atoms with van der Waals surface area (Å²) in [5, 5.41) is 10.5. The Bertz CT molecular complexity index is 672. The molecule has 0 radical (unpaired) electrons. The van der Waals surface area contributed by atoms with Gasteiger partial charge in [-0.1, -0.05) is 11.6 Å². The fourth-order valence-corrected chi connectivity index (χ4v) is 2.31. The highest BCUT2D eigenvalue weighted by Crippen LogP contribution is 2.17. The second-order valence-corrected chi connectivity index (χ2v) is 5.46. The number of nitrogens with zero attached hydrogens (tertiary/aromatic N) is 3. The van der Waals surface area contributed by atoms with E-state index in [1.165, 1.54) is 0 Å². The number of pyridine rings is 1. The molecule has 0 bridgehead atoms. The highest BCUT2D eigenvalue weighted by atomic mass is 35.5. The molecular weight excluding hydrogens is 337 g/mol. The predicted octanol–water partition coefficient (Wildman–Crippen LogP) is 2.30. The maximum atomic E-state index is 12.2. The SMILES string of the molecule is CNCCCNC(=O)c1nc(-n2nc(C)cc2C)ccc1Cl.Cl. The van der Waals surface area contributed by atoms with Crippen LogP contribution in [0, 0.1) is 13.8 Å². The van der Waals surface area contributed by atoms with Crippen molar-refractivity contribution in [3.8, 4) is 5.82 Å². The van der Waals surface area contributed by atoms with E-state index in [0.717, 1.165) is 24.4 Å². The molecule has 126 valence electrons. The number of carbonyl (C=O) groups is 1. The van der Waals surface area contributed by atoms with E-state index in [0.29, 0.717) is 17.4 Å². The zero-order valence-electron chi connectivity index (χ0n) is 13.4.